The predicted molar refractivity (Wildman–Crippen MR) is 95.5 cm³/mol. The van der Waals surface area contributed by atoms with Crippen molar-refractivity contribution < 1.29 is 32.2 Å². The van der Waals surface area contributed by atoms with Gasteiger partial charge in [-0.25, -0.2) is 9.37 Å². The number of pyridine rings is 2. The molecule has 1 fully saturated rings. The fraction of sp³-hybridized carbons (Fsp3) is 0.353. The van der Waals surface area contributed by atoms with Crippen molar-refractivity contribution in [3.8, 4) is 11.6 Å². The Kier molecular flexibility index (Phi) is 6.98. The molecule has 3 N–H and O–H groups in total. The third-order valence-electron chi connectivity index (χ3n) is 4.08. The first-order chi connectivity index (χ1) is 13.2. The number of β-amino-alcohol motifs (C(OH)–C–C–N with tert-alkyl or cyclic N) is 1. The Balaban J connectivity index is 0.00000300. The minimum atomic E-state index is -4.68. The van der Waals surface area contributed by atoms with Crippen LogP contribution in [0.1, 0.15) is 21.6 Å². The number of aliphatic hydroxyl groups is 1. The summed E-state index contributed by atoms with van der Waals surface area (Å²) in [5, 5.41) is 9.43. The number of alkyl halides is 4. The Bertz CT molecular complexity index is 874. The molecular weight excluding hydrogens is 420 g/mol. The molecule has 158 valence electrons. The molecule has 0 unspecified atom stereocenters. The van der Waals surface area contributed by atoms with Crippen LogP contribution in [0.25, 0.3) is 0 Å². The number of nitrogens with zero attached hydrogens (tertiary/aromatic N) is 3. The first-order valence-corrected chi connectivity index (χ1v) is 8.20. The standard InChI is InChI=1S/C17H16F4N4O3.ClH/c18-12-7-25(8-13(12)26)16(27)10-3-11(6-23-5-10)28-15-2-9(4-22)1-14(24-15)17(19,20)21;/h1-3,5-6,12-13,26H,4,7-8,22H2;1H/t12-,13-;/m0./s1. The van der Waals surface area contributed by atoms with Crippen LogP contribution >= 0.6 is 12.4 Å². The van der Waals surface area contributed by atoms with Gasteiger partial charge in [0.15, 0.2) is 0 Å². The van der Waals surface area contributed by atoms with Crippen LogP contribution in [0.4, 0.5) is 17.6 Å². The van der Waals surface area contributed by atoms with Crippen LogP contribution in [0.2, 0.25) is 0 Å². The molecule has 29 heavy (non-hydrogen) atoms. The van der Waals surface area contributed by atoms with E-state index in [2.05, 4.69) is 9.97 Å². The van der Waals surface area contributed by atoms with E-state index >= 15 is 0 Å². The van der Waals surface area contributed by atoms with E-state index in [1.165, 1.54) is 24.5 Å². The number of rotatable bonds is 4. The summed E-state index contributed by atoms with van der Waals surface area (Å²) in [6, 6.07) is 3.31. The number of hydrogen-bond donors (Lipinski definition) is 2. The van der Waals surface area contributed by atoms with Gasteiger partial charge in [0.2, 0.25) is 5.88 Å². The fourth-order valence-corrected chi connectivity index (χ4v) is 2.68. The fourth-order valence-electron chi connectivity index (χ4n) is 2.68. The van der Waals surface area contributed by atoms with E-state index in [-0.39, 0.29) is 54.8 Å². The summed E-state index contributed by atoms with van der Waals surface area (Å²) in [4.78, 5) is 20.7. The maximum atomic E-state index is 13.4. The number of halogens is 5. The maximum absolute atomic E-state index is 13.4. The molecule has 0 bridgehead atoms. The summed E-state index contributed by atoms with van der Waals surface area (Å²) in [6.07, 6.45) is -5.09. The lowest BCUT2D eigenvalue weighted by molar-refractivity contribution is -0.141. The second-order valence-corrected chi connectivity index (χ2v) is 6.21. The van der Waals surface area contributed by atoms with E-state index in [0.717, 1.165) is 11.0 Å². The summed E-state index contributed by atoms with van der Waals surface area (Å²) in [5.74, 6) is -0.976. The monoisotopic (exact) mass is 436 g/mol. The van der Waals surface area contributed by atoms with E-state index in [0.29, 0.717) is 0 Å². The van der Waals surface area contributed by atoms with Gasteiger partial charge < -0.3 is 20.5 Å². The Morgan fingerprint density at radius 3 is 2.59 bits per heavy atom. The van der Waals surface area contributed by atoms with Crippen LogP contribution in [-0.4, -0.2) is 51.2 Å². The van der Waals surface area contributed by atoms with Crippen LogP contribution in [0.15, 0.2) is 30.6 Å². The molecule has 2 aromatic rings. The number of likely N-dealkylation sites (tertiary alicyclic amines) is 1. The first-order valence-electron chi connectivity index (χ1n) is 8.20. The molecule has 3 rings (SSSR count). The van der Waals surface area contributed by atoms with Gasteiger partial charge >= 0.3 is 6.18 Å². The molecule has 0 saturated carbocycles. The molecule has 12 heteroatoms. The van der Waals surface area contributed by atoms with Crippen molar-refractivity contribution in [3.05, 3.63) is 47.4 Å². The lowest BCUT2D eigenvalue weighted by Gasteiger charge is -2.15. The number of nitrogens with two attached hydrogens (primary N) is 1. The summed E-state index contributed by atoms with van der Waals surface area (Å²) >= 11 is 0. The van der Waals surface area contributed by atoms with Gasteiger partial charge in [0.1, 0.15) is 23.7 Å². The highest BCUT2D eigenvalue weighted by atomic mass is 35.5. The van der Waals surface area contributed by atoms with Crippen LogP contribution in [0.5, 0.6) is 11.6 Å². The summed E-state index contributed by atoms with van der Waals surface area (Å²) in [6.45, 7) is -0.583. The van der Waals surface area contributed by atoms with Crippen LogP contribution < -0.4 is 10.5 Å². The predicted octanol–water partition coefficient (Wildman–Crippen LogP) is 2.32. The molecule has 1 aliphatic rings. The Morgan fingerprint density at radius 2 is 2.00 bits per heavy atom. The zero-order chi connectivity index (χ0) is 20.5. The zero-order valence-electron chi connectivity index (χ0n) is 14.8. The van der Waals surface area contributed by atoms with E-state index in [1.807, 2.05) is 0 Å². The minimum absolute atomic E-state index is 0. The summed E-state index contributed by atoms with van der Waals surface area (Å²) in [5.41, 5.74) is 4.45. The van der Waals surface area contributed by atoms with E-state index in [1.54, 1.807) is 0 Å². The average Bonchev–Trinajstić information content (AvgIpc) is 2.99. The van der Waals surface area contributed by atoms with Gasteiger partial charge in [0, 0.05) is 25.4 Å². The number of ether oxygens (including phenoxy) is 1. The quantitative estimate of drug-likeness (QED) is 0.713. The molecule has 2 atom stereocenters. The van der Waals surface area contributed by atoms with Gasteiger partial charge in [0.05, 0.1) is 18.3 Å². The van der Waals surface area contributed by atoms with Crippen molar-refractivity contribution in [1.82, 2.24) is 14.9 Å². The maximum Gasteiger partial charge on any atom is 0.433 e. The van der Waals surface area contributed by atoms with Crippen LogP contribution in [0, 0.1) is 0 Å². The van der Waals surface area contributed by atoms with Crippen molar-refractivity contribution in [1.29, 1.82) is 0 Å². The number of amides is 1. The van der Waals surface area contributed by atoms with E-state index < -0.39 is 30.1 Å². The van der Waals surface area contributed by atoms with Crippen LogP contribution in [0.3, 0.4) is 0 Å². The summed E-state index contributed by atoms with van der Waals surface area (Å²) in [7, 11) is 0. The molecule has 3 heterocycles. The van der Waals surface area contributed by atoms with Gasteiger partial charge in [-0.05, 0) is 17.7 Å². The number of carbonyl (C=O) groups is 1. The smallest absolute Gasteiger partial charge is 0.433 e. The lowest BCUT2D eigenvalue weighted by atomic mass is 10.2. The molecule has 0 radical (unpaired) electrons. The Morgan fingerprint density at radius 1 is 1.28 bits per heavy atom. The topological polar surface area (TPSA) is 102 Å². The van der Waals surface area contributed by atoms with Crippen molar-refractivity contribution in [2.24, 2.45) is 5.73 Å². The molecule has 0 aliphatic carbocycles. The largest absolute Gasteiger partial charge is 0.437 e. The van der Waals surface area contributed by atoms with Crippen molar-refractivity contribution in [2.75, 3.05) is 13.1 Å². The van der Waals surface area contributed by atoms with Crippen LogP contribution in [-0.2, 0) is 12.7 Å². The van der Waals surface area contributed by atoms with Gasteiger partial charge in [-0.3, -0.25) is 9.78 Å². The Labute approximate surface area is 168 Å². The van der Waals surface area contributed by atoms with Gasteiger partial charge in [-0.15, -0.1) is 12.4 Å². The molecule has 1 saturated heterocycles. The third-order valence-corrected chi connectivity index (χ3v) is 4.08. The lowest BCUT2D eigenvalue weighted by Crippen LogP contribution is -2.29. The van der Waals surface area contributed by atoms with E-state index in [4.69, 9.17) is 10.5 Å². The molecule has 0 spiro atoms. The van der Waals surface area contributed by atoms with Crippen molar-refractivity contribution in [3.63, 3.8) is 0 Å². The van der Waals surface area contributed by atoms with Gasteiger partial charge in [-0.1, -0.05) is 0 Å². The summed E-state index contributed by atoms with van der Waals surface area (Å²) < 4.78 is 57.6. The number of aromatic nitrogens is 2. The van der Waals surface area contributed by atoms with E-state index in [9.17, 15) is 27.5 Å². The van der Waals surface area contributed by atoms with Crippen molar-refractivity contribution >= 4 is 18.3 Å². The Hall–Kier alpha value is -2.50. The molecule has 0 aromatic carbocycles. The second kappa shape index (κ2) is 8.89. The first kappa shape index (κ1) is 22.8. The average molecular weight is 437 g/mol. The second-order valence-electron chi connectivity index (χ2n) is 6.21. The highest BCUT2D eigenvalue weighted by Crippen LogP contribution is 2.31. The number of hydrogen-bond acceptors (Lipinski definition) is 6. The number of aliphatic hydroxyl groups excluding tert-OH is 1. The minimum Gasteiger partial charge on any atom is -0.437 e. The highest BCUT2D eigenvalue weighted by molar-refractivity contribution is 5.94. The zero-order valence-corrected chi connectivity index (χ0v) is 15.6. The molecule has 2 aromatic heterocycles. The number of carbonyl (C=O) groups excluding carboxylic acids is 1. The highest BCUT2D eigenvalue weighted by Gasteiger charge is 2.35. The van der Waals surface area contributed by atoms with Gasteiger partial charge in [0.25, 0.3) is 5.91 Å². The third kappa shape index (κ3) is 5.31. The molecule has 7 nitrogen and oxygen atoms in total. The van der Waals surface area contributed by atoms with Gasteiger partial charge in [-0.2, -0.15) is 13.2 Å². The molecular formula is C17H17ClF4N4O3. The molecule has 1 aliphatic heterocycles. The molecule has 1 amide bonds. The normalized spacial score (nSPS) is 19.0. The SMILES string of the molecule is Cl.NCc1cc(Oc2cncc(C(=O)N3C[C@H](O)[C@@H](F)C3)c2)nc(C(F)(F)F)c1. The van der Waals surface area contributed by atoms with Crippen molar-refractivity contribution in [2.45, 2.75) is 25.0 Å².